The second kappa shape index (κ2) is 20.2. The maximum absolute atomic E-state index is 15.7. The average Bonchev–Trinajstić information content (AvgIpc) is 1.82. The summed E-state index contributed by atoms with van der Waals surface area (Å²) in [5, 5.41) is 14.2. The van der Waals surface area contributed by atoms with E-state index in [1.807, 2.05) is 200 Å². The van der Waals surface area contributed by atoms with E-state index < -0.39 is 29.0 Å². The van der Waals surface area contributed by atoms with Crippen LogP contribution in [0.3, 0.4) is 0 Å². The molecule has 0 saturated heterocycles. The number of halogens is 6. The Kier molecular flexibility index (Phi) is 12.3. The lowest BCUT2D eigenvalue weighted by Crippen LogP contribution is -2.13. The number of nitriles is 1. The summed E-state index contributed by atoms with van der Waals surface area (Å²) < 4.78 is 93.9. The summed E-state index contributed by atoms with van der Waals surface area (Å²) in [7, 11) is 0. The van der Waals surface area contributed by atoms with Crippen molar-refractivity contribution in [2.24, 2.45) is 0 Å². The second-order valence-electron chi connectivity index (χ2n) is 20.0. The Balaban J connectivity index is 1.00. The van der Waals surface area contributed by atoms with Gasteiger partial charge >= 0.3 is 12.4 Å². The van der Waals surface area contributed by atoms with E-state index in [0.29, 0.717) is 90.4 Å². The van der Waals surface area contributed by atoms with Crippen LogP contribution in [0.4, 0.5) is 26.3 Å². The third-order valence-corrected chi connectivity index (χ3v) is 14.9. The quantitative estimate of drug-likeness (QED) is 0.132. The van der Waals surface area contributed by atoms with E-state index in [2.05, 4.69) is 6.07 Å². The Hall–Kier alpha value is -11.1. The Labute approximate surface area is 474 Å². The van der Waals surface area contributed by atoms with Crippen LogP contribution in [0.5, 0.6) is 0 Å². The van der Waals surface area contributed by atoms with Gasteiger partial charge in [-0.1, -0.05) is 164 Å². The van der Waals surface area contributed by atoms with Gasteiger partial charge < -0.3 is 9.13 Å². The maximum Gasteiger partial charge on any atom is 0.417 e. The number of aromatic nitrogens is 8. The molecule has 0 spiro atoms. The standard InChI is InChI=1S/C69H39F6N9/c70-68(71,72)48-31-32-49(55(38-48)69(73,74)75)54-39-60(83-56-27-15-13-25-50(56)52-35-45(29-33-58(52)83)66-79-62(41-17-5-1-6-18-41)77-63(80-66)42-19-7-2-8-20-42)47(40-76)37-61(54)84-57-28-16-14-26-51(57)53-36-46(30-34-59(53)84)67-81-64(43-21-9-3-10-22-43)78-65(82-67)44-23-11-4-12-24-44/h1-39H. The van der Waals surface area contributed by atoms with E-state index in [1.165, 1.54) is 12.1 Å². The van der Waals surface area contributed by atoms with Crippen molar-refractivity contribution in [1.82, 2.24) is 39.0 Å². The van der Waals surface area contributed by atoms with Crippen LogP contribution in [-0.2, 0) is 12.4 Å². The zero-order chi connectivity index (χ0) is 57.3. The molecule has 0 unspecified atom stereocenters. The maximum atomic E-state index is 15.7. The summed E-state index contributed by atoms with van der Waals surface area (Å²) in [6.07, 6.45) is -10.4. The first-order valence-electron chi connectivity index (χ1n) is 26.5. The third kappa shape index (κ3) is 9.02. The number of hydrogen-bond donors (Lipinski definition) is 0. The predicted molar refractivity (Wildman–Crippen MR) is 315 cm³/mol. The monoisotopic (exact) mass is 1110 g/mol. The topological polar surface area (TPSA) is 111 Å². The molecule has 15 heteroatoms. The molecule has 0 fully saturated rings. The zero-order valence-corrected chi connectivity index (χ0v) is 43.8. The first-order chi connectivity index (χ1) is 40.9. The van der Waals surface area contributed by atoms with Crippen LogP contribution in [0.2, 0.25) is 0 Å². The molecule has 14 rings (SSSR count). The summed E-state index contributed by atoms with van der Waals surface area (Å²) in [6.45, 7) is 0. The Morgan fingerprint density at radius 3 is 1.07 bits per heavy atom. The van der Waals surface area contributed by atoms with E-state index in [4.69, 9.17) is 29.9 Å². The van der Waals surface area contributed by atoms with Crippen molar-refractivity contribution in [2.45, 2.75) is 12.4 Å². The van der Waals surface area contributed by atoms with Crippen LogP contribution in [0.15, 0.2) is 237 Å². The predicted octanol–water partition coefficient (Wildman–Crippen LogP) is 17.8. The Bertz CT molecular complexity index is 4820. The average molecular weight is 1110 g/mol. The zero-order valence-electron chi connectivity index (χ0n) is 43.8. The van der Waals surface area contributed by atoms with Crippen molar-refractivity contribution in [3.8, 4) is 96.9 Å². The number of nitrogens with zero attached hydrogens (tertiary/aromatic N) is 9. The fourth-order valence-electron chi connectivity index (χ4n) is 11.1. The molecule has 0 aliphatic rings. The van der Waals surface area contributed by atoms with E-state index in [0.717, 1.165) is 33.7 Å². The highest BCUT2D eigenvalue weighted by atomic mass is 19.4. The van der Waals surface area contributed by atoms with Crippen LogP contribution in [0.25, 0.3) is 134 Å². The molecule has 0 radical (unpaired) electrons. The van der Waals surface area contributed by atoms with Gasteiger partial charge in [0.25, 0.3) is 0 Å². The minimum Gasteiger partial charge on any atom is -0.309 e. The first-order valence-corrected chi connectivity index (χ1v) is 26.5. The molecular formula is C69H39F6N9. The van der Waals surface area contributed by atoms with E-state index >= 15 is 13.2 Å². The Morgan fingerprint density at radius 2 is 0.679 bits per heavy atom. The van der Waals surface area contributed by atoms with Gasteiger partial charge in [-0.2, -0.15) is 31.6 Å². The lowest BCUT2D eigenvalue weighted by molar-refractivity contribution is -0.142. The van der Waals surface area contributed by atoms with Gasteiger partial charge in [0.2, 0.25) is 0 Å². The molecule has 0 saturated carbocycles. The van der Waals surface area contributed by atoms with Crippen LogP contribution in [0, 0.1) is 11.3 Å². The molecule has 9 nitrogen and oxygen atoms in total. The number of benzene rings is 10. The number of hydrogen-bond acceptors (Lipinski definition) is 7. The summed E-state index contributed by atoms with van der Waals surface area (Å²) in [6, 6.07) is 71.0. The van der Waals surface area contributed by atoms with Crippen molar-refractivity contribution in [2.75, 3.05) is 0 Å². The highest BCUT2D eigenvalue weighted by Crippen LogP contribution is 2.47. The van der Waals surface area contributed by atoms with Gasteiger partial charge in [-0.25, -0.2) is 29.9 Å². The minimum absolute atomic E-state index is 0.0630. The fourth-order valence-corrected chi connectivity index (χ4v) is 11.1. The Morgan fingerprint density at radius 1 is 0.310 bits per heavy atom. The van der Waals surface area contributed by atoms with E-state index in [9.17, 15) is 18.4 Å². The summed E-state index contributed by atoms with van der Waals surface area (Å²) in [4.78, 5) is 29.5. The first kappa shape index (κ1) is 51.1. The van der Waals surface area contributed by atoms with Crippen molar-refractivity contribution >= 4 is 43.6 Å². The molecule has 402 valence electrons. The summed E-state index contributed by atoms with van der Waals surface area (Å²) in [5.41, 5.74) is 3.32. The number of fused-ring (bicyclic) bond motifs is 6. The largest absolute Gasteiger partial charge is 0.417 e. The van der Waals surface area contributed by atoms with Gasteiger partial charge in [-0.3, -0.25) is 0 Å². The van der Waals surface area contributed by atoms with Crippen LogP contribution in [0.1, 0.15) is 16.7 Å². The molecule has 0 N–H and O–H groups in total. The van der Waals surface area contributed by atoms with Crippen molar-refractivity contribution in [3.63, 3.8) is 0 Å². The molecule has 4 heterocycles. The molecule has 0 amide bonds. The second-order valence-corrected chi connectivity index (χ2v) is 20.0. The highest BCUT2D eigenvalue weighted by Gasteiger charge is 2.39. The smallest absolute Gasteiger partial charge is 0.309 e. The lowest BCUT2D eigenvalue weighted by Gasteiger charge is -2.22. The van der Waals surface area contributed by atoms with Crippen LogP contribution < -0.4 is 0 Å². The van der Waals surface area contributed by atoms with Crippen molar-refractivity contribution in [1.29, 1.82) is 5.26 Å². The van der Waals surface area contributed by atoms with Gasteiger partial charge in [0.1, 0.15) is 6.07 Å². The van der Waals surface area contributed by atoms with Gasteiger partial charge in [0.15, 0.2) is 34.9 Å². The number of rotatable bonds is 9. The van der Waals surface area contributed by atoms with Crippen molar-refractivity contribution < 1.29 is 26.3 Å². The van der Waals surface area contributed by atoms with Crippen LogP contribution >= 0.6 is 0 Å². The number of para-hydroxylation sites is 2. The molecule has 84 heavy (non-hydrogen) atoms. The van der Waals surface area contributed by atoms with Crippen LogP contribution in [-0.4, -0.2) is 39.0 Å². The van der Waals surface area contributed by atoms with E-state index in [-0.39, 0.29) is 28.6 Å². The highest BCUT2D eigenvalue weighted by molar-refractivity contribution is 6.12. The minimum atomic E-state index is -5.27. The summed E-state index contributed by atoms with van der Waals surface area (Å²) in [5.74, 6) is 2.53. The normalized spacial score (nSPS) is 11.9. The summed E-state index contributed by atoms with van der Waals surface area (Å²) >= 11 is 0. The molecular weight excluding hydrogens is 1070 g/mol. The van der Waals surface area contributed by atoms with E-state index in [1.54, 1.807) is 15.2 Å². The van der Waals surface area contributed by atoms with Gasteiger partial charge in [-0.15, -0.1) is 0 Å². The molecule has 0 atom stereocenters. The van der Waals surface area contributed by atoms with Crippen molar-refractivity contribution in [3.05, 3.63) is 253 Å². The molecule has 0 aliphatic heterocycles. The van der Waals surface area contributed by atoms with Gasteiger partial charge in [-0.05, 0) is 78.4 Å². The van der Waals surface area contributed by atoms with Gasteiger partial charge in [0, 0.05) is 60.5 Å². The molecule has 0 bridgehead atoms. The fraction of sp³-hybridized carbons (Fsp3) is 0.0290. The molecule has 10 aromatic carbocycles. The molecule has 14 aromatic rings. The molecule has 4 aromatic heterocycles. The number of alkyl halides is 6. The lowest BCUT2D eigenvalue weighted by atomic mass is 9.93. The van der Waals surface area contributed by atoms with Gasteiger partial charge in [0.05, 0.1) is 50.1 Å². The third-order valence-electron chi connectivity index (χ3n) is 14.9. The SMILES string of the molecule is N#Cc1cc(-n2c3ccccc3c3cc(-c4nc(-c5ccccc5)nc(-c5ccccc5)n4)ccc32)c(-c2ccc(C(F)(F)F)cc2C(F)(F)F)cc1-n1c2ccccc2c2cc(-c3nc(-c4ccccc4)nc(-c4ccccc4)n3)ccc21. The molecule has 0 aliphatic carbocycles.